The second-order valence-corrected chi connectivity index (χ2v) is 5.88. The van der Waals surface area contributed by atoms with E-state index in [-0.39, 0.29) is 23.5 Å². The minimum atomic E-state index is -0.791. The lowest BCUT2D eigenvalue weighted by atomic mass is 10.0. The number of unbranched alkanes of at least 4 members (excludes halogenated alkanes) is 7. The molecule has 0 aliphatic carbocycles. The predicted octanol–water partition coefficient (Wildman–Crippen LogP) is 4.92. The molecule has 0 unspecified atom stereocenters. The van der Waals surface area contributed by atoms with Gasteiger partial charge in [0.15, 0.2) is 17.3 Å². The van der Waals surface area contributed by atoms with Crippen LogP contribution in [0.5, 0.6) is 0 Å². The van der Waals surface area contributed by atoms with Crippen molar-refractivity contribution in [3.05, 3.63) is 35.8 Å². The second-order valence-electron chi connectivity index (χ2n) is 5.88. The van der Waals surface area contributed by atoms with Crippen molar-refractivity contribution in [2.75, 3.05) is 0 Å². The minimum Gasteiger partial charge on any atom is -0.504 e. The summed E-state index contributed by atoms with van der Waals surface area (Å²) in [5.74, 6) is -1.71. The molecule has 1 aliphatic rings. The Balaban J connectivity index is 2.10. The average molecular weight is 320 g/mol. The fraction of sp³-hybridized carbons (Fsp3) is 0.579. The van der Waals surface area contributed by atoms with Crippen molar-refractivity contribution < 1.29 is 19.4 Å². The van der Waals surface area contributed by atoms with Gasteiger partial charge in [0.2, 0.25) is 0 Å². The molecule has 0 saturated heterocycles. The van der Waals surface area contributed by atoms with Crippen LogP contribution in [-0.2, 0) is 14.3 Å². The van der Waals surface area contributed by atoms with E-state index in [1.807, 2.05) is 0 Å². The normalized spacial score (nSPS) is 14.8. The zero-order valence-corrected chi connectivity index (χ0v) is 14.1. The van der Waals surface area contributed by atoms with Gasteiger partial charge in [-0.1, -0.05) is 51.3 Å². The molecule has 0 aromatic rings. The Morgan fingerprint density at radius 1 is 1.09 bits per heavy atom. The van der Waals surface area contributed by atoms with Crippen LogP contribution in [0.2, 0.25) is 0 Å². The molecule has 0 spiro atoms. The SMILES string of the molecule is C=C1OC(=O)C(C(=O)CCCC/C=C/CCCCCCC)=C1O. The van der Waals surface area contributed by atoms with Crippen LogP contribution in [0.25, 0.3) is 0 Å². The van der Waals surface area contributed by atoms with Gasteiger partial charge >= 0.3 is 5.97 Å². The maximum Gasteiger partial charge on any atom is 0.351 e. The number of Topliss-reactive ketones (excluding diaryl/α,β-unsaturated/α-hetero) is 1. The first-order chi connectivity index (χ1) is 11.1. The molecule has 0 radical (unpaired) electrons. The van der Waals surface area contributed by atoms with Gasteiger partial charge in [0.1, 0.15) is 5.57 Å². The van der Waals surface area contributed by atoms with Crippen LogP contribution >= 0.6 is 0 Å². The van der Waals surface area contributed by atoms with Crippen molar-refractivity contribution in [3.63, 3.8) is 0 Å². The molecule has 23 heavy (non-hydrogen) atoms. The monoisotopic (exact) mass is 320 g/mol. The third kappa shape index (κ3) is 6.85. The molecular weight excluding hydrogens is 292 g/mol. The Morgan fingerprint density at radius 3 is 2.26 bits per heavy atom. The predicted molar refractivity (Wildman–Crippen MR) is 90.9 cm³/mol. The number of aliphatic hydroxyl groups excluding tert-OH is 1. The number of hydrogen-bond donors (Lipinski definition) is 1. The lowest BCUT2D eigenvalue weighted by Crippen LogP contribution is -2.10. The van der Waals surface area contributed by atoms with Gasteiger partial charge < -0.3 is 9.84 Å². The first-order valence-electron chi connectivity index (χ1n) is 8.60. The summed E-state index contributed by atoms with van der Waals surface area (Å²) >= 11 is 0. The van der Waals surface area contributed by atoms with Gasteiger partial charge in [0, 0.05) is 6.42 Å². The van der Waals surface area contributed by atoms with Gasteiger partial charge in [-0.25, -0.2) is 4.79 Å². The molecule has 1 rings (SSSR count). The Hall–Kier alpha value is -1.84. The van der Waals surface area contributed by atoms with Crippen LogP contribution in [0.3, 0.4) is 0 Å². The van der Waals surface area contributed by atoms with Crippen LogP contribution in [0, 0.1) is 0 Å². The number of ether oxygens (including phenoxy) is 1. The summed E-state index contributed by atoms with van der Waals surface area (Å²) in [6.07, 6.45) is 14.7. The van der Waals surface area contributed by atoms with E-state index in [0.717, 1.165) is 19.3 Å². The fourth-order valence-corrected chi connectivity index (χ4v) is 2.47. The lowest BCUT2D eigenvalue weighted by molar-refractivity contribution is -0.134. The summed E-state index contributed by atoms with van der Waals surface area (Å²) in [7, 11) is 0. The molecule has 0 amide bonds. The van der Waals surface area contributed by atoms with Gasteiger partial charge in [0.05, 0.1) is 0 Å². The zero-order valence-electron chi connectivity index (χ0n) is 14.1. The molecule has 0 saturated carbocycles. The third-order valence-electron chi connectivity index (χ3n) is 3.87. The van der Waals surface area contributed by atoms with E-state index in [1.165, 1.54) is 32.1 Å². The first-order valence-corrected chi connectivity index (χ1v) is 8.60. The van der Waals surface area contributed by atoms with Crippen LogP contribution in [-0.4, -0.2) is 16.9 Å². The maximum absolute atomic E-state index is 11.9. The van der Waals surface area contributed by atoms with Crippen LogP contribution in [0.15, 0.2) is 35.8 Å². The van der Waals surface area contributed by atoms with Crippen molar-refractivity contribution in [2.24, 2.45) is 0 Å². The summed E-state index contributed by atoms with van der Waals surface area (Å²) < 4.78 is 4.62. The zero-order chi connectivity index (χ0) is 17.1. The molecule has 0 fully saturated rings. The number of esters is 1. The number of carbonyl (C=O) groups excluding carboxylic acids is 2. The third-order valence-corrected chi connectivity index (χ3v) is 3.87. The van der Waals surface area contributed by atoms with Crippen molar-refractivity contribution in [1.29, 1.82) is 0 Å². The van der Waals surface area contributed by atoms with Crippen molar-refractivity contribution in [1.82, 2.24) is 0 Å². The number of rotatable bonds is 12. The smallest absolute Gasteiger partial charge is 0.351 e. The van der Waals surface area contributed by atoms with E-state index in [4.69, 9.17) is 0 Å². The minimum absolute atomic E-state index is 0.139. The van der Waals surface area contributed by atoms with Gasteiger partial charge in [-0.05, 0) is 32.1 Å². The molecule has 4 heteroatoms. The quantitative estimate of drug-likeness (QED) is 0.240. The Bertz CT molecular complexity index is 486. The van der Waals surface area contributed by atoms with Crippen LogP contribution < -0.4 is 0 Å². The fourth-order valence-electron chi connectivity index (χ4n) is 2.47. The molecular formula is C19H28O4. The van der Waals surface area contributed by atoms with E-state index < -0.39 is 11.7 Å². The highest BCUT2D eigenvalue weighted by Crippen LogP contribution is 2.24. The summed E-state index contributed by atoms with van der Waals surface area (Å²) in [4.78, 5) is 23.3. The number of aliphatic hydroxyl groups is 1. The molecule has 1 N–H and O–H groups in total. The summed E-state index contributed by atoms with van der Waals surface area (Å²) in [6.45, 7) is 5.58. The highest BCUT2D eigenvalue weighted by atomic mass is 16.6. The molecule has 0 bridgehead atoms. The Morgan fingerprint density at radius 2 is 1.70 bits per heavy atom. The molecule has 4 nitrogen and oxygen atoms in total. The van der Waals surface area contributed by atoms with Crippen LogP contribution in [0.4, 0.5) is 0 Å². The summed E-state index contributed by atoms with van der Waals surface area (Å²) in [6, 6.07) is 0. The lowest BCUT2D eigenvalue weighted by Gasteiger charge is -1.99. The number of allylic oxidation sites excluding steroid dienone is 2. The van der Waals surface area contributed by atoms with Gasteiger partial charge in [-0.2, -0.15) is 0 Å². The largest absolute Gasteiger partial charge is 0.504 e. The molecule has 1 heterocycles. The molecule has 0 aromatic heterocycles. The highest BCUT2D eigenvalue weighted by molar-refractivity contribution is 6.19. The van der Waals surface area contributed by atoms with E-state index >= 15 is 0 Å². The van der Waals surface area contributed by atoms with Crippen molar-refractivity contribution >= 4 is 11.8 Å². The van der Waals surface area contributed by atoms with E-state index in [1.54, 1.807) is 0 Å². The van der Waals surface area contributed by atoms with Gasteiger partial charge in [-0.3, -0.25) is 4.79 Å². The number of cyclic esters (lactones) is 1. The Labute approximate surface area is 138 Å². The summed E-state index contributed by atoms with van der Waals surface area (Å²) in [5.41, 5.74) is -0.252. The molecule has 1 aliphatic heterocycles. The maximum atomic E-state index is 11.9. The first kappa shape index (κ1) is 19.2. The number of carbonyl (C=O) groups is 2. The molecule has 0 atom stereocenters. The van der Waals surface area contributed by atoms with Crippen molar-refractivity contribution in [3.8, 4) is 0 Å². The van der Waals surface area contributed by atoms with E-state index in [2.05, 4.69) is 30.4 Å². The molecule has 128 valence electrons. The number of hydrogen-bond acceptors (Lipinski definition) is 4. The standard InChI is InChI=1S/C19H28O4/c1-3-4-5-6-7-8-9-10-11-12-13-14-16(20)17-18(21)15(2)23-19(17)22/h9-10,21H,2-8,11-14H2,1H3/b10-9+. The average Bonchev–Trinajstić information content (AvgIpc) is 2.77. The summed E-state index contributed by atoms with van der Waals surface area (Å²) in [5, 5.41) is 9.58. The highest BCUT2D eigenvalue weighted by Gasteiger charge is 2.33. The van der Waals surface area contributed by atoms with E-state index in [0.29, 0.717) is 6.42 Å². The Kier molecular flexibility index (Phi) is 9.03. The second kappa shape index (κ2) is 10.8. The van der Waals surface area contributed by atoms with Crippen molar-refractivity contribution in [2.45, 2.75) is 71.1 Å². The van der Waals surface area contributed by atoms with Gasteiger partial charge in [-0.15, -0.1) is 0 Å². The topological polar surface area (TPSA) is 63.6 Å². The van der Waals surface area contributed by atoms with Gasteiger partial charge in [0.25, 0.3) is 0 Å². The van der Waals surface area contributed by atoms with Crippen LogP contribution in [0.1, 0.15) is 71.1 Å². The molecule has 0 aromatic carbocycles. The van der Waals surface area contributed by atoms with E-state index in [9.17, 15) is 14.7 Å². The number of ketones is 1.